The zero-order valence-corrected chi connectivity index (χ0v) is 16.2. The maximum atomic E-state index is 12.7. The maximum Gasteiger partial charge on any atom is 0.319 e. The molecule has 0 atom stereocenters. The van der Waals surface area contributed by atoms with Crippen LogP contribution in [0, 0.1) is 20.8 Å². The standard InChI is InChI=1S/C22H23N3O3/c1-12-4-5-13(2)19-18(12)14(3)20(28-19)21(26)23-15-6-8-16(9-7-15)24-22(27)25-17-10-11-17/h4-9,17H,10-11H2,1-3H3,(H,23,26)(H2,24,25,27). The molecule has 0 saturated heterocycles. The molecule has 1 aliphatic rings. The summed E-state index contributed by atoms with van der Waals surface area (Å²) in [6.07, 6.45) is 2.08. The molecule has 28 heavy (non-hydrogen) atoms. The Labute approximate surface area is 163 Å². The van der Waals surface area contributed by atoms with E-state index in [1.807, 2.05) is 32.9 Å². The summed E-state index contributed by atoms with van der Waals surface area (Å²) < 4.78 is 5.89. The Morgan fingerprint density at radius 2 is 1.50 bits per heavy atom. The first-order valence-corrected chi connectivity index (χ1v) is 9.40. The highest BCUT2D eigenvalue weighted by Crippen LogP contribution is 2.31. The summed E-state index contributed by atoms with van der Waals surface area (Å²) >= 11 is 0. The van der Waals surface area contributed by atoms with Crippen LogP contribution in [-0.2, 0) is 0 Å². The Morgan fingerprint density at radius 1 is 0.893 bits per heavy atom. The molecule has 0 aliphatic heterocycles. The van der Waals surface area contributed by atoms with Crippen LogP contribution in [0.3, 0.4) is 0 Å². The summed E-state index contributed by atoms with van der Waals surface area (Å²) in [5.41, 5.74) is 4.98. The molecular formula is C22H23N3O3. The molecule has 0 spiro atoms. The normalized spacial score (nSPS) is 13.4. The van der Waals surface area contributed by atoms with E-state index in [0.29, 0.717) is 23.2 Å². The minimum absolute atomic E-state index is 0.206. The lowest BCUT2D eigenvalue weighted by molar-refractivity contribution is 0.0998. The number of anilines is 2. The predicted octanol–water partition coefficient (Wildman–Crippen LogP) is 4.89. The second-order valence-corrected chi connectivity index (χ2v) is 7.36. The summed E-state index contributed by atoms with van der Waals surface area (Å²) in [6.45, 7) is 5.88. The quantitative estimate of drug-likeness (QED) is 0.605. The van der Waals surface area contributed by atoms with Crippen molar-refractivity contribution in [3.63, 3.8) is 0 Å². The van der Waals surface area contributed by atoms with Crippen molar-refractivity contribution in [2.75, 3.05) is 10.6 Å². The third-order valence-electron chi connectivity index (χ3n) is 5.00. The van der Waals surface area contributed by atoms with E-state index in [9.17, 15) is 9.59 Å². The number of benzene rings is 2. The highest BCUT2D eigenvalue weighted by atomic mass is 16.3. The molecule has 1 heterocycles. The SMILES string of the molecule is Cc1ccc(C)c2c(C)c(C(=O)Nc3ccc(NC(=O)NC4CC4)cc3)oc12. The molecule has 0 radical (unpaired) electrons. The molecule has 1 aromatic heterocycles. The van der Waals surface area contributed by atoms with Gasteiger partial charge in [-0.2, -0.15) is 0 Å². The van der Waals surface area contributed by atoms with Crippen LogP contribution in [0.2, 0.25) is 0 Å². The van der Waals surface area contributed by atoms with E-state index < -0.39 is 0 Å². The van der Waals surface area contributed by atoms with Crippen LogP contribution in [0.5, 0.6) is 0 Å². The molecule has 2 aromatic carbocycles. The monoisotopic (exact) mass is 377 g/mol. The maximum absolute atomic E-state index is 12.7. The summed E-state index contributed by atoms with van der Waals surface area (Å²) in [4.78, 5) is 24.5. The highest BCUT2D eigenvalue weighted by Gasteiger charge is 2.23. The molecule has 6 nitrogen and oxygen atoms in total. The van der Waals surface area contributed by atoms with E-state index in [1.165, 1.54) is 0 Å². The number of fused-ring (bicyclic) bond motifs is 1. The summed E-state index contributed by atoms with van der Waals surface area (Å²) in [6, 6.07) is 11.1. The number of hydrogen-bond acceptors (Lipinski definition) is 3. The molecule has 4 rings (SSSR count). The number of nitrogens with one attached hydrogen (secondary N) is 3. The van der Waals surface area contributed by atoms with Crippen LogP contribution < -0.4 is 16.0 Å². The van der Waals surface area contributed by atoms with Gasteiger partial charge in [-0.05, 0) is 69.0 Å². The van der Waals surface area contributed by atoms with Crippen molar-refractivity contribution in [1.82, 2.24) is 5.32 Å². The van der Waals surface area contributed by atoms with Crippen molar-refractivity contribution < 1.29 is 14.0 Å². The summed E-state index contributed by atoms with van der Waals surface area (Å²) in [5, 5.41) is 9.50. The van der Waals surface area contributed by atoms with E-state index >= 15 is 0 Å². The summed E-state index contributed by atoms with van der Waals surface area (Å²) in [7, 11) is 0. The van der Waals surface area contributed by atoms with Crippen molar-refractivity contribution in [1.29, 1.82) is 0 Å². The molecule has 0 unspecified atom stereocenters. The smallest absolute Gasteiger partial charge is 0.319 e. The third-order valence-corrected chi connectivity index (χ3v) is 5.00. The van der Waals surface area contributed by atoms with Crippen LogP contribution in [0.1, 0.15) is 40.1 Å². The van der Waals surface area contributed by atoms with Gasteiger partial charge in [-0.1, -0.05) is 12.1 Å². The fourth-order valence-corrected chi connectivity index (χ4v) is 3.30. The number of amides is 3. The first kappa shape index (κ1) is 18.1. The predicted molar refractivity (Wildman–Crippen MR) is 110 cm³/mol. The zero-order valence-electron chi connectivity index (χ0n) is 16.2. The van der Waals surface area contributed by atoms with Crippen molar-refractivity contribution in [2.45, 2.75) is 39.7 Å². The first-order valence-electron chi connectivity index (χ1n) is 9.40. The van der Waals surface area contributed by atoms with Crippen LogP contribution in [0.15, 0.2) is 40.8 Å². The second-order valence-electron chi connectivity index (χ2n) is 7.36. The number of hydrogen-bond donors (Lipinski definition) is 3. The number of aryl methyl sites for hydroxylation is 3. The molecule has 1 saturated carbocycles. The molecule has 3 amide bonds. The number of urea groups is 1. The van der Waals surface area contributed by atoms with Crippen molar-refractivity contribution in [3.8, 4) is 0 Å². The average Bonchev–Trinajstić information content (AvgIpc) is 3.39. The number of carbonyl (C=O) groups is 2. The molecule has 6 heteroatoms. The lowest BCUT2D eigenvalue weighted by Crippen LogP contribution is -2.30. The van der Waals surface area contributed by atoms with Gasteiger partial charge in [-0.25, -0.2) is 4.79 Å². The highest BCUT2D eigenvalue weighted by molar-refractivity contribution is 6.07. The number of furan rings is 1. The van der Waals surface area contributed by atoms with E-state index in [-0.39, 0.29) is 11.9 Å². The lowest BCUT2D eigenvalue weighted by atomic mass is 10.0. The molecule has 0 bridgehead atoms. The molecule has 144 valence electrons. The Hall–Kier alpha value is -3.28. The van der Waals surface area contributed by atoms with Gasteiger partial charge in [0.2, 0.25) is 0 Å². The fourth-order valence-electron chi connectivity index (χ4n) is 3.30. The number of rotatable bonds is 4. The van der Waals surface area contributed by atoms with Crippen molar-refractivity contribution in [2.24, 2.45) is 0 Å². The van der Waals surface area contributed by atoms with Gasteiger partial charge in [0.05, 0.1) is 0 Å². The van der Waals surface area contributed by atoms with E-state index in [1.54, 1.807) is 24.3 Å². The lowest BCUT2D eigenvalue weighted by Gasteiger charge is -2.08. The van der Waals surface area contributed by atoms with Gasteiger partial charge in [0.25, 0.3) is 5.91 Å². The Balaban J connectivity index is 1.48. The topological polar surface area (TPSA) is 83.4 Å². The molecule has 3 aromatic rings. The van der Waals surface area contributed by atoms with Gasteiger partial charge in [-0.15, -0.1) is 0 Å². The first-order chi connectivity index (χ1) is 13.4. The Bertz CT molecular complexity index is 1060. The van der Waals surface area contributed by atoms with Gasteiger partial charge in [0, 0.05) is 28.4 Å². The second kappa shape index (κ2) is 7.03. The van der Waals surface area contributed by atoms with E-state index in [0.717, 1.165) is 40.5 Å². The van der Waals surface area contributed by atoms with Gasteiger partial charge < -0.3 is 20.4 Å². The molecule has 1 fully saturated rings. The van der Waals surface area contributed by atoms with Crippen LogP contribution in [0.25, 0.3) is 11.0 Å². The van der Waals surface area contributed by atoms with E-state index in [4.69, 9.17) is 4.42 Å². The Kier molecular flexibility index (Phi) is 4.55. The van der Waals surface area contributed by atoms with Crippen LogP contribution >= 0.6 is 0 Å². The van der Waals surface area contributed by atoms with Crippen LogP contribution in [-0.4, -0.2) is 18.0 Å². The van der Waals surface area contributed by atoms with Gasteiger partial charge in [0.15, 0.2) is 5.76 Å². The number of carbonyl (C=O) groups excluding carboxylic acids is 2. The molecule has 3 N–H and O–H groups in total. The van der Waals surface area contributed by atoms with Crippen LogP contribution in [0.4, 0.5) is 16.2 Å². The fraction of sp³-hybridized carbons (Fsp3) is 0.273. The molecule has 1 aliphatic carbocycles. The van der Waals surface area contributed by atoms with Crippen molar-refractivity contribution >= 4 is 34.3 Å². The van der Waals surface area contributed by atoms with E-state index in [2.05, 4.69) is 16.0 Å². The zero-order chi connectivity index (χ0) is 19.8. The average molecular weight is 377 g/mol. The summed E-state index contributed by atoms with van der Waals surface area (Å²) in [5.74, 6) is 0.0260. The van der Waals surface area contributed by atoms with Gasteiger partial charge >= 0.3 is 6.03 Å². The molecular weight excluding hydrogens is 354 g/mol. The minimum atomic E-state index is -0.292. The van der Waals surface area contributed by atoms with Gasteiger partial charge in [0.1, 0.15) is 5.58 Å². The van der Waals surface area contributed by atoms with Crippen molar-refractivity contribution in [3.05, 3.63) is 58.8 Å². The third kappa shape index (κ3) is 3.58. The largest absolute Gasteiger partial charge is 0.450 e. The Morgan fingerprint density at radius 3 is 2.11 bits per heavy atom. The van der Waals surface area contributed by atoms with Gasteiger partial charge in [-0.3, -0.25) is 4.79 Å². The minimum Gasteiger partial charge on any atom is -0.450 e.